The van der Waals surface area contributed by atoms with Crippen LogP contribution >= 0.6 is 0 Å². The molecule has 1 aromatic heterocycles. The summed E-state index contributed by atoms with van der Waals surface area (Å²) in [6.45, 7) is 0. The van der Waals surface area contributed by atoms with E-state index in [1.807, 2.05) is 42.5 Å². The molecule has 2 N–H and O–H groups in total. The molecule has 0 aliphatic carbocycles. The average Bonchev–Trinajstić information content (AvgIpc) is 2.82. The van der Waals surface area contributed by atoms with Gasteiger partial charge >= 0.3 is 0 Å². The van der Waals surface area contributed by atoms with Crippen LogP contribution in [0.25, 0.3) is 11.1 Å². The number of hydrogen-bond acceptors (Lipinski definition) is 4. The molecule has 0 fully saturated rings. The number of anilines is 1. The van der Waals surface area contributed by atoms with Gasteiger partial charge in [0.1, 0.15) is 11.3 Å². The quantitative estimate of drug-likeness (QED) is 0.730. The summed E-state index contributed by atoms with van der Waals surface area (Å²) in [5, 5.41) is 0. The van der Waals surface area contributed by atoms with Crippen LogP contribution in [-0.2, 0) is 6.42 Å². The van der Waals surface area contributed by atoms with E-state index in [1.165, 1.54) is 0 Å². The third kappa shape index (κ3) is 2.38. The molecular formula is C15H14N2O2. The molecule has 0 atom stereocenters. The summed E-state index contributed by atoms with van der Waals surface area (Å²) in [4.78, 5) is 4.46. The summed E-state index contributed by atoms with van der Waals surface area (Å²) in [7, 11) is 1.64. The Hall–Kier alpha value is -2.49. The number of fused-ring (bicyclic) bond motifs is 1. The van der Waals surface area contributed by atoms with E-state index in [2.05, 4.69) is 4.98 Å². The Kier molecular flexibility index (Phi) is 2.83. The lowest BCUT2D eigenvalue weighted by Gasteiger charge is -1.97. The Morgan fingerprint density at radius 2 is 1.95 bits per heavy atom. The number of nitrogens with two attached hydrogens (primary N) is 1. The Labute approximate surface area is 110 Å². The van der Waals surface area contributed by atoms with E-state index >= 15 is 0 Å². The molecule has 96 valence electrons. The minimum Gasteiger partial charge on any atom is -0.497 e. The van der Waals surface area contributed by atoms with Crippen molar-refractivity contribution in [3.05, 3.63) is 53.9 Å². The van der Waals surface area contributed by atoms with Crippen LogP contribution in [0.4, 0.5) is 5.69 Å². The first-order valence-electron chi connectivity index (χ1n) is 6.02. The van der Waals surface area contributed by atoms with E-state index in [1.54, 1.807) is 7.11 Å². The van der Waals surface area contributed by atoms with Crippen LogP contribution in [-0.4, -0.2) is 12.1 Å². The fraction of sp³-hybridized carbons (Fsp3) is 0.133. The molecule has 0 radical (unpaired) electrons. The van der Waals surface area contributed by atoms with Crippen LogP contribution in [0.5, 0.6) is 5.75 Å². The van der Waals surface area contributed by atoms with Gasteiger partial charge in [-0.2, -0.15) is 0 Å². The normalized spacial score (nSPS) is 10.8. The van der Waals surface area contributed by atoms with Crippen LogP contribution in [0, 0.1) is 0 Å². The van der Waals surface area contributed by atoms with E-state index in [0.29, 0.717) is 12.3 Å². The van der Waals surface area contributed by atoms with E-state index in [4.69, 9.17) is 14.9 Å². The standard InChI is InChI=1S/C15H14N2O2/c1-18-12-6-7-14-13(9-12)17-15(19-14)8-10-2-4-11(16)5-3-10/h2-7,9H,8,16H2,1H3. The molecule has 0 bridgehead atoms. The van der Waals surface area contributed by atoms with Gasteiger partial charge in [0.15, 0.2) is 11.5 Å². The molecule has 0 unspecified atom stereocenters. The lowest BCUT2D eigenvalue weighted by atomic mass is 10.1. The second kappa shape index (κ2) is 4.65. The molecule has 0 amide bonds. The monoisotopic (exact) mass is 254 g/mol. The van der Waals surface area contributed by atoms with Gasteiger partial charge in [-0.05, 0) is 29.8 Å². The Morgan fingerprint density at radius 1 is 1.16 bits per heavy atom. The van der Waals surface area contributed by atoms with Crippen molar-refractivity contribution < 1.29 is 9.15 Å². The fourth-order valence-corrected chi connectivity index (χ4v) is 1.97. The van der Waals surface area contributed by atoms with Crippen LogP contribution in [0.1, 0.15) is 11.5 Å². The summed E-state index contributed by atoms with van der Waals surface area (Å²) in [5.74, 6) is 1.47. The first kappa shape index (κ1) is 11.6. The number of methoxy groups -OCH3 is 1. The van der Waals surface area contributed by atoms with Crippen molar-refractivity contribution in [3.63, 3.8) is 0 Å². The number of benzene rings is 2. The minimum absolute atomic E-state index is 0.650. The fourth-order valence-electron chi connectivity index (χ4n) is 1.97. The zero-order chi connectivity index (χ0) is 13.2. The minimum atomic E-state index is 0.650. The van der Waals surface area contributed by atoms with Crippen molar-refractivity contribution in [1.82, 2.24) is 4.98 Å². The van der Waals surface area contributed by atoms with E-state index in [-0.39, 0.29) is 0 Å². The van der Waals surface area contributed by atoms with Crippen molar-refractivity contribution >= 4 is 16.8 Å². The molecule has 3 rings (SSSR count). The molecular weight excluding hydrogens is 240 g/mol. The molecule has 4 nitrogen and oxygen atoms in total. The van der Waals surface area contributed by atoms with Crippen molar-refractivity contribution in [2.75, 3.05) is 12.8 Å². The second-order valence-corrected chi connectivity index (χ2v) is 4.36. The Bertz CT molecular complexity index is 702. The zero-order valence-corrected chi connectivity index (χ0v) is 10.6. The molecule has 0 spiro atoms. The molecule has 19 heavy (non-hydrogen) atoms. The topological polar surface area (TPSA) is 61.3 Å². The molecule has 0 saturated heterocycles. The number of oxazole rings is 1. The molecule has 4 heteroatoms. The van der Waals surface area contributed by atoms with Gasteiger partial charge in [-0.3, -0.25) is 0 Å². The van der Waals surface area contributed by atoms with Crippen molar-refractivity contribution in [2.45, 2.75) is 6.42 Å². The predicted molar refractivity (Wildman–Crippen MR) is 74.2 cm³/mol. The van der Waals surface area contributed by atoms with Crippen molar-refractivity contribution in [1.29, 1.82) is 0 Å². The van der Waals surface area contributed by atoms with Crippen LogP contribution in [0.15, 0.2) is 46.9 Å². The molecule has 3 aromatic rings. The molecule has 0 aliphatic heterocycles. The van der Waals surface area contributed by atoms with Gasteiger partial charge in [-0.25, -0.2) is 4.98 Å². The molecule has 1 heterocycles. The van der Waals surface area contributed by atoms with Crippen LogP contribution < -0.4 is 10.5 Å². The predicted octanol–water partition coefficient (Wildman–Crippen LogP) is 3.01. The summed E-state index contributed by atoms with van der Waals surface area (Å²) < 4.78 is 10.9. The molecule has 2 aromatic carbocycles. The maximum absolute atomic E-state index is 5.70. The first-order valence-corrected chi connectivity index (χ1v) is 6.02. The lowest BCUT2D eigenvalue weighted by Crippen LogP contribution is -1.89. The highest BCUT2D eigenvalue weighted by Gasteiger charge is 2.07. The third-order valence-corrected chi connectivity index (χ3v) is 2.97. The maximum Gasteiger partial charge on any atom is 0.199 e. The zero-order valence-electron chi connectivity index (χ0n) is 10.6. The number of nitrogens with zero attached hydrogens (tertiary/aromatic N) is 1. The largest absolute Gasteiger partial charge is 0.497 e. The van der Waals surface area contributed by atoms with Crippen molar-refractivity contribution in [2.24, 2.45) is 0 Å². The maximum atomic E-state index is 5.70. The number of ether oxygens (including phenoxy) is 1. The van der Waals surface area contributed by atoms with E-state index < -0.39 is 0 Å². The lowest BCUT2D eigenvalue weighted by molar-refractivity contribution is 0.415. The number of nitrogen functional groups attached to an aromatic ring is 1. The van der Waals surface area contributed by atoms with Gasteiger partial charge in [0.25, 0.3) is 0 Å². The summed E-state index contributed by atoms with van der Waals surface area (Å²) in [6, 6.07) is 13.3. The van der Waals surface area contributed by atoms with Gasteiger partial charge in [0, 0.05) is 18.2 Å². The van der Waals surface area contributed by atoms with Gasteiger partial charge in [-0.15, -0.1) is 0 Å². The van der Waals surface area contributed by atoms with Gasteiger partial charge in [0.05, 0.1) is 7.11 Å². The van der Waals surface area contributed by atoms with Gasteiger partial charge in [0.2, 0.25) is 0 Å². The third-order valence-electron chi connectivity index (χ3n) is 2.97. The van der Waals surface area contributed by atoms with E-state index in [0.717, 1.165) is 28.1 Å². The molecule has 0 saturated carbocycles. The second-order valence-electron chi connectivity index (χ2n) is 4.36. The summed E-state index contributed by atoms with van der Waals surface area (Å²) in [5.41, 5.74) is 9.11. The number of rotatable bonds is 3. The average molecular weight is 254 g/mol. The van der Waals surface area contributed by atoms with Crippen LogP contribution in [0.3, 0.4) is 0 Å². The van der Waals surface area contributed by atoms with Crippen LogP contribution in [0.2, 0.25) is 0 Å². The molecule has 0 aliphatic rings. The van der Waals surface area contributed by atoms with Gasteiger partial charge < -0.3 is 14.9 Å². The summed E-state index contributed by atoms with van der Waals surface area (Å²) >= 11 is 0. The number of hydrogen-bond donors (Lipinski definition) is 1. The Balaban J connectivity index is 1.90. The Morgan fingerprint density at radius 3 is 2.68 bits per heavy atom. The number of aromatic nitrogens is 1. The van der Waals surface area contributed by atoms with E-state index in [9.17, 15) is 0 Å². The smallest absolute Gasteiger partial charge is 0.199 e. The van der Waals surface area contributed by atoms with Crippen molar-refractivity contribution in [3.8, 4) is 5.75 Å². The summed E-state index contributed by atoms with van der Waals surface area (Å²) in [6.07, 6.45) is 0.650. The first-order chi connectivity index (χ1) is 9.24. The highest BCUT2D eigenvalue weighted by Crippen LogP contribution is 2.22. The highest BCUT2D eigenvalue weighted by atomic mass is 16.5. The van der Waals surface area contributed by atoms with Gasteiger partial charge in [-0.1, -0.05) is 12.1 Å². The SMILES string of the molecule is COc1ccc2oc(Cc3ccc(N)cc3)nc2c1. The highest BCUT2D eigenvalue weighted by molar-refractivity contribution is 5.74.